The molecule has 0 amide bonds. The van der Waals surface area contributed by atoms with Gasteiger partial charge in [-0.15, -0.1) is 0 Å². The van der Waals surface area contributed by atoms with E-state index in [1.165, 1.54) is 5.56 Å². The molecule has 1 heterocycles. The minimum absolute atomic E-state index is 0.768. The Hall–Kier alpha value is -2.35. The van der Waals surface area contributed by atoms with E-state index in [1.807, 2.05) is 42.7 Å². The van der Waals surface area contributed by atoms with E-state index in [-0.39, 0.29) is 0 Å². The molecule has 18 heavy (non-hydrogen) atoms. The molecular weight excluding hydrogens is 220 g/mol. The first-order valence-corrected chi connectivity index (χ1v) is 5.97. The summed E-state index contributed by atoms with van der Waals surface area (Å²) in [6.45, 7) is 4.93. The summed E-state index contributed by atoms with van der Waals surface area (Å²) in [5, 5.41) is 0. The van der Waals surface area contributed by atoms with E-state index in [2.05, 4.69) is 34.3 Å². The molecule has 0 spiro atoms. The van der Waals surface area contributed by atoms with Crippen molar-refractivity contribution in [2.75, 3.05) is 0 Å². The van der Waals surface area contributed by atoms with Crippen LogP contribution in [0.2, 0.25) is 0 Å². The summed E-state index contributed by atoms with van der Waals surface area (Å²) in [5.41, 5.74) is 4.45. The Morgan fingerprint density at radius 2 is 1.72 bits per heavy atom. The number of hydrogen-bond donors (Lipinski definition) is 0. The van der Waals surface area contributed by atoms with Crippen LogP contribution < -0.4 is 0 Å². The van der Waals surface area contributed by atoms with E-state index < -0.39 is 0 Å². The molecule has 2 aromatic carbocycles. The van der Waals surface area contributed by atoms with Crippen LogP contribution in [-0.2, 0) is 6.54 Å². The first-order valence-electron chi connectivity index (χ1n) is 5.97. The molecule has 0 N–H and O–H groups in total. The van der Waals surface area contributed by atoms with Gasteiger partial charge in [-0.1, -0.05) is 49.0 Å². The predicted octanol–water partition coefficient (Wildman–Crippen LogP) is 3.75. The summed E-state index contributed by atoms with van der Waals surface area (Å²) >= 11 is 0. The van der Waals surface area contributed by atoms with Gasteiger partial charge < -0.3 is 4.57 Å². The van der Waals surface area contributed by atoms with Gasteiger partial charge in [0, 0.05) is 6.54 Å². The maximum absolute atomic E-state index is 4.39. The molecule has 88 valence electrons. The Morgan fingerprint density at radius 3 is 2.56 bits per heavy atom. The van der Waals surface area contributed by atoms with Gasteiger partial charge in [0.2, 0.25) is 0 Å². The second-order valence-corrected chi connectivity index (χ2v) is 4.33. The number of nitrogens with zero attached hydrogens (tertiary/aromatic N) is 2. The first-order chi connectivity index (χ1) is 8.84. The lowest BCUT2D eigenvalue weighted by molar-refractivity contribution is 0.865. The summed E-state index contributed by atoms with van der Waals surface area (Å²) in [4.78, 5) is 4.39. The average molecular weight is 234 g/mol. The third-order valence-corrected chi connectivity index (χ3v) is 3.07. The van der Waals surface area contributed by atoms with Crippen LogP contribution in [0, 0.1) is 0 Å². The normalized spacial score (nSPS) is 10.7. The molecule has 0 aliphatic carbocycles. The molecule has 2 nitrogen and oxygen atoms in total. The Kier molecular flexibility index (Phi) is 2.69. The highest BCUT2D eigenvalue weighted by atomic mass is 15.0. The molecule has 0 atom stereocenters. The highest BCUT2D eigenvalue weighted by Gasteiger charge is 2.04. The van der Waals surface area contributed by atoms with Crippen LogP contribution in [0.5, 0.6) is 0 Å². The predicted molar refractivity (Wildman–Crippen MR) is 75.2 cm³/mol. The van der Waals surface area contributed by atoms with Crippen molar-refractivity contribution in [3.63, 3.8) is 0 Å². The van der Waals surface area contributed by atoms with Crippen LogP contribution >= 0.6 is 0 Å². The first kappa shape index (κ1) is 10.8. The van der Waals surface area contributed by atoms with Crippen LogP contribution in [-0.4, -0.2) is 9.55 Å². The summed E-state index contributed by atoms with van der Waals surface area (Å²) in [5.74, 6) is 0. The largest absolute Gasteiger partial charge is 0.326 e. The number of aromatic nitrogens is 2. The van der Waals surface area contributed by atoms with Crippen molar-refractivity contribution >= 4 is 16.6 Å². The van der Waals surface area contributed by atoms with Gasteiger partial charge in [-0.2, -0.15) is 0 Å². The fourth-order valence-corrected chi connectivity index (χ4v) is 2.11. The number of hydrogen-bond acceptors (Lipinski definition) is 1. The van der Waals surface area contributed by atoms with Crippen LogP contribution in [0.1, 0.15) is 5.56 Å². The number of benzene rings is 2. The number of allylic oxidation sites excluding steroid dienone is 1. The van der Waals surface area contributed by atoms with E-state index in [4.69, 9.17) is 0 Å². The fourth-order valence-electron chi connectivity index (χ4n) is 2.11. The Morgan fingerprint density at radius 1 is 1.00 bits per heavy atom. The van der Waals surface area contributed by atoms with E-state index in [9.17, 15) is 0 Å². The van der Waals surface area contributed by atoms with Gasteiger partial charge in [-0.05, 0) is 23.3 Å². The van der Waals surface area contributed by atoms with Crippen molar-refractivity contribution in [2.24, 2.45) is 0 Å². The number of rotatable bonds is 3. The average Bonchev–Trinajstić information content (AvgIpc) is 2.83. The van der Waals surface area contributed by atoms with Crippen molar-refractivity contribution in [1.29, 1.82) is 0 Å². The summed E-state index contributed by atoms with van der Waals surface area (Å²) < 4.78 is 2.13. The van der Waals surface area contributed by atoms with Crippen LogP contribution in [0.3, 0.4) is 0 Å². The van der Waals surface area contributed by atoms with Crippen LogP contribution in [0.4, 0.5) is 0 Å². The third-order valence-electron chi connectivity index (χ3n) is 3.07. The highest BCUT2D eigenvalue weighted by Crippen LogP contribution is 2.18. The van der Waals surface area contributed by atoms with Crippen molar-refractivity contribution in [2.45, 2.75) is 6.54 Å². The van der Waals surface area contributed by atoms with Crippen molar-refractivity contribution < 1.29 is 0 Å². The molecule has 3 aromatic rings. The number of imidazole rings is 1. The van der Waals surface area contributed by atoms with E-state index in [0.29, 0.717) is 0 Å². The lowest BCUT2D eigenvalue weighted by Gasteiger charge is -2.07. The Balaban J connectivity index is 1.91. The highest BCUT2D eigenvalue weighted by molar-refractivity contribution is 5.76. The summed E-state index contributed by atoms with van der Waals surface area (Å²) in [7, 11) is 0. The topological polar surface area (TPSA) is 17.8 Å². The standard InChI is InChI=1S/C16H14N2/c1-13(14-7-3-2-4-8-14)11-18-12-17-15-9-5-6-10-16(15)18/h2-10,12H,1,11H2. The maximum Gasteiger partial charge on any atom is 0.0961 e. The van der Waals surface area contributed by atoms with Gasteiger partial charge >= 0.3 is 0 Å². The van der Waals surface area contributed by atoms with E-state index in [0.717, 1.165) is 23.2 Å². The van der Waals surface area contributed by atoms with Gasteiger partial charge in [-0.3, -0.25) is 0 Å². The summed E-state index contributed by atoms with van der Waals surface area (Å²) in [6.07, 6.45) is 1.87. The van der Waals surface area contributed by atoms with Crippen molar-refractivity contribution in [3.8, 4) is 0 Å². The molecule has 0 fully saturated rings. The number of fused-ring (bicyclic) bond motifs is 1. The second kappa shape index (κ2) is 4.49. The molecule has 0 aliphatic rings. The Labute approximate surface area is 106 Å². The molecule has 0 saturated carbocycles. The smallest absolute Gasteiger partial charge is 0.0961 e. The van der Waals surface area contributed by atoms with Gasteiger partial charge in [0.25, 0.3) is 0 Å². The zero-order valence-electron chi connectivity index (χ0n) is 10.1. The van der Waals surface area contributed by atoms with Crippen molar-refractivity contribution in [3.05, 3.63) is 73.1 Å². The molecule has 0 aliphatic heterocycles. The molecule has 2 heteroatoms. The third kappa shape index (κ3) is 1.93. The maximum atomic E-state index is 4.39. The second-order valence-electron chi connectivity index (χ2n) is 4.33. The van der Waals surface area contributed by atoms with Crippen LogP contribution in [0.25, 0.3) is 16.6 Å². The van der Waals surface area contributed by atoms with E-state index in [1.54, 1.807) is 0 Å². The van der Waals surface area contributed by atoms with Gasteiger partial charge in [-0.25, -0.2) is 4.98 Å². The zero-order valence-corrected chi connectivity index (χ0v) is 10.1. The molecule has 0 bridgehead atoms. The fraction of sp³-hybridized carbons (Fsp3) is 0.0625. The lowest BCUT2D eigenvalue weighted by atomic mass is 10.1. The van der Waals surface area contributed by atoms with Gasteiger partial charge in [0.1, 0.15) is 0 Å². The van der Waals surface area contributed by atoms with Gasteiger partial charge in [0.05, 0.1) is 17.4 Å². The lowest BCUT2D eigenvalue weighted by Crippen LogP contribution is -1.98. The molecule has 1 aromatic heterocycles. The quantitative estimate of drug-likeness (QED) is 0.675. The molecule has 0 unspecified atom stereocenters. The Bertz CT molecular complexity index is 680. The van der Waals surface area contributed by atoms with Crippen molar-refractivity contribution in [1.82, 2.24) is 9.55 Å². The summed E-state index contributed by atoms with van der Waals surface area (Å²) in [6, 6.07) is 18.4. The van der Waals surface area contributed by atoms with E-state index >= 15 is 0 Å². The monoisotopic (exact) mass is 234 g/mol. The minimum atomic E-state index is 0.768. The number of para-hydroxylation sites is 2. The zero-order chi connectivity index (χ0) is 12.4. The van der Waals surface area contributed by atoms with Crippen LogP contribution in [0.15, 0.2) is 67.5 Å². The molecule has 0 radical (unpaired) electrons. The van der Waals surface area contributed by atoms with Gasteiger partial charge in [0.15, 0.2) is 0 Å². The molecule has 3 rings (SSSR count). The molecular formula is C16H14N2. The SMILES string of the molecule is C=C(Cn1cnc2ccccc21)c1ccccc1. The minimum Gasteiger partial charge on any atom is -0.326 e. The molecule has 0 saturated heterocycles.